The lowest BCUT2D eigenvalue weighted by Crippen LogP contribution is -2.32. The highest BCUT2D eigenvalue weighted by atomic mass is 19.1. The second kappa shape index (κ2) is 11.5. The van der Waals surface area contributed by atoms with Crippen LogP contribution >= 0.6 is 0 Å². The summed E-state index contributed by atoms with van der Waals surface area (Å²) in [6.07, 6.45) is 0.967. The minimum Gasteiger partial charge on any atom is -0.478 e. The highest BCUT2D eigenvalue weighted by Gasteiger charge is 2.24. The van der Waals surface area contributed by atoms with Gasteiger partial charge in [0.2, 0.25) is 0 Å². The fourth-order valence-electron chi connectivity index (χ4n) is 4.30. The predicted molar refractivity (Wildman–Crippen MR) is 141 cm³/mol. The maximum Gasteiger partial charge on any atom is 0.336 e. The quantitative estimate of drug-likeness (QED) is 0.142. The molecule has 9 heteroatoms. The lowest BCUT2D eigenvalue weighted by molar-refractivity contribution is 0.0690. The number of carboxylic acids is 1. The molecule has 190 valence electrons. The van der Waals surface area contributed by atoms with Crippen LogP contribution < -0.4 is 10.6 Å². The summed E-state index contributed by atoms with van der Waals surface area (Å²) in [7, 11) is 1.86. The average Bonchev–Trinajstić information content (AvgIpc) is 3.26. The van der Waals surface area contributed by atoms with E-state index in [0.717, 1.165) is 16.6 Å². The van der Waals surface area contributed by atoms with Gasteiger partial charge in [-0.25, -0.2) is 14.2 Å². The summed E-state index contributed by atoms with van der Waals surface area (Å²) in [4.78, 5) is 30.2. The number of carbonyl (C=O) groups is 2. The van der Waals surface area contributed by atoms with Crippen LogP contribution in [-0.2, 0) is 7.05 Å². The van der Waals surface area contributed by atoms with Crippen LogP contribution in [0.1, 0.15) is 45.4 Å². The second-order valence-electron chi connectivity index (χ2n) is 8.66. The number of benzene rings is 3. The van der Waals surface area contributed by atoms with Crippen LogP contribution in [0.4, 0.5) is 4.39 Å². The maximum atomic E-state index is 13.4. The Hall–Kier alpha value is -4.53. The molecule has 1 aromatic heterocycles. The number of amidine groups is 1. The lowest BCUT2D eigenvalue weighted by atomic mass is 9.98. The van der Waals surface area contributed by atoms with Crippen molar-refractivity contribution in [3.05, 3.63) is 89.7 Å². The first-order valence-corrected chi connectivity index (χ1v) is 11.9. The number of para-hydroxylation sites is 2. The zero-order chi connectivity index (χ0) is 26.4. The second-order valence-corrected chi connectivity index (χ2v) is 8.66. The van der Waals surface area contributed by atoms with Gasteiger partial charge in [0.25, 0.3) is 5.91 Å². The van der Waals surface area contributed by atoms with Gasteiger partial charge in [0.05, 0.1) is 28.2 Å². The first-order valence-electron chi connectivity index (χ1n) is 11.9. The van der Waals surface area contributed by atoms with Crippen molar-refractivity contribution in [2.45, 2.75) is 18.9 Å². The van der Waals surface area contributed by atoms with Gasteiger partial charge in [-0.15, -0.1) is 0 Å². The number of imidazole rings is 1. The van der Waals surface area contributed by atoms with Crippen molar-refractivity contribution in [2.75, 3.05) is 13.2 Å². The maximum absolute atomic E-state index is 13.4. The summed E-state index contributed by atoms with van der Waals surface area (Å²) in [6.45, 7) is -0.521. The zero-order valence-corrected chi connectivity index (χ0v) is 20.4. The molecule has 4 aromatic rings. The number of halogens is 1. The molecule has 0 saturated heterocycles. The van der Waals surface area contributed by atoms with Gasteiger partial charge in [0.15, 0.2) is 0 Å². The zero-order valence-electron chi connectivity index (χ0n) is 20.4. The molecule has 0 spiro atoms. The van der Waals surface area contributed by atoms with E-state index < -0.39 is 24.6 Å². The number of rotatable bonds is 10. The molecule has 0 fully saturated rings. The molecule has 4 rings (SSSR count). The van der Waals surface area contributed by atoms with E-state index in [9.17, 15) is 19.1 Å². The van der Waals surface area contributed by atoms with Crippen molar-refractivity contribution < 1.29 is 19.1 Å². The first kappa shape index (κ1) is 25.6. The molecule has 1 atom stereocenters. The average molecular weight is 502 g/mol. The monoisotopic (exact) mass is 501 g/mol. The topological polar surface area (TPSA) is 120 Å². The molecular formula is C28H28FN5O3. The van der Waals surface area contributed by atoms with Crippen molar-refractivity contribution in [2.24, 2.45) is 7.05 Å². The molecular weight excluding hydrogens is 473 g/mol. The van der Waals surface area contributed by atoms with E-state index >= 15 is 0 Å². The van der Waals surface area contributed by atoms with Gasteiger partial charge >= 0.3 is 5.97 Å². The van der Waals surface area contributed by atoms with E-state index in [2.05, 4.69) is 10.6 Å². The molecule has 8 nitrogen and oxygen atoms in total. The number of hydrogen-bond acceptors (Lipinski definition) is 4. The van der Waals surface area contributed by atoms with E-state index in [4.69, 9.17) is 10.4 Å². The number of hydrogen-bond donors (Lipinski definition) is 4. The standard InChI is InChI=1S/C28H28FN5O3/c1-34-24-12-6-5-10-22(24)32-26(34)23(11-7-15-31-25(30)17-29)33-27(35)20-14-13-19(16-21(20)28(36)37)18-8-3-2-4-9-18/h2-6,8-10,12-14,16,23H,7,11,15,17H2,1H3,(H2,30,31)(H,33,35)(H,36,37). The van der Waals surface area contributed by atoms with Gasteiger partial charge in [-0.1, -0.05) is 48.5 Å². The molecule has 0 aliphatic rings. The number of aryl methyl sites for hydroxylation is 1. The summed E-state index contributed by atoms with van der Waals surface area (Å²) in [5, 5.41) is 23.0. The molecule has 1 amide bonds. The Morgan fingerprint density at radius 2 is 1.76 bits per heavy atom. The Balaban J connectivity index is 1.63. The molecule has 0 aliphatic carbocycles. The third-order valence-electron chi connectivity index (χ3n) is 6.18. The van der Waals surface area contributed by atoms with E-state index in [-0.39, 0.29) is 17.0 Å². The van der Waals surface area contributed by atoms with Gasteiger partial charge in [-0.05, 0) is 48.2 Å². The summed E-state index contributed by atoms with van der Waals surface area (Å²) in [6, 6.07) is 21.2. The molecule has 3 aromatic carbocycles. The van der Waals surface area contributed by atoms with Gasteiger partial charge in [0, 0.05) is 13.6 Å². The number of aromatic nitrogens is 2. The van der Waals surface area contributed by atoms with Crippen molar-refractivity contribution >= 4 is 28.7 Å². The SMILES string of the molecule is Cn1c(C(CCCNC(=N)CF)NC(=O)c2ccc(-c3ccccc3)cc2C(=O)O)nc2ccccc21. The predicted octanol–water partition coefficient (Wildman–Crippen LogP) is 4.73. The Labute approximate surface area is 213 Å². The highest BCUT2D eigenvalue weighted by molar-refractivity contribution is 6.05. The molecule has 0 radical (unpaired) electrons. The van der Waals surface area contributed by atoms with Gasteiger partial charge in [0.1, 0.15) is 18.3 Å². The van der Waals surface area contributed by atoms with Crippen LogP contribution in [0, 0.1) is 5.41 Å². The summed E-state index contributed by atoms with van der Waals surface area (Å²) < 4.78 is 14.5. The third-order valence-corrected chi connectivity index (χ3v) is 6.18. The summed E-state index contributed by atoms with van der Waals surface area (Å²) in [5.74, 6) is -1.31. The molecule has 4 N–H and O–H groups in total. The van der Waals surface area contributed by atoms with Crippen molar-refractivity contribution in [1.29, 1.82) is 5.41 Å². The van der Waals surface area contributed by atoms with Gasteiger partial charge in [-0.3, -0.25) is 10.2 Å². The number of nitrogens with one attached hydrogen (secondary N) is 3. The van der Waals surface area contributed by atoms with Crippen molar-refractivity contribution in [1.82, 2.24) is 20.2 Å². The minimum absolute atomic E-state index is 0.0493. The Bertz CT molecular complexity index is 1430. The number of carbonyl (C=O) groups excluding carboxylic acids is 1. The normalized spacial score (nSPS) is 11.7. The molecule has 0 aliphatic heterocycles. The van der Waals surface area contributed by atoms with Gasteiger partial charge in [-0.2, -0.15) is 0 Å². The molecule has 1 heterocycles. The fraction of sp³-hybridized carbons (Fsp3) is 0.214. The summed E-state index contributed by atoms with van der Waals surface area (Å²) in [5.41, 5.74) is 3.17. The summed E-state index contributed by atoms with van der Waals surface area (Å²) >= 11 is 0. The number of alkyl halides is 1. The first-order chi connectivity index (χ1) is 17.9. The number of carboxylic acid groups (broad SMARTS) is 1. The number of amides is 1. The lowest BCUT2D eigenvalue weighted by Gasteiger charge is -2.20. The number of nitrogens with zero attached hydrogens (tertiary/aromatic N) is 2. The number of aromatic carboxylic acids is 1. The van der Waals surface area contributed by atoms with Crippen LogP contribution in [-0.4, -0.2) is 45.6 Å². The minimum atomic E-state index is -1.20. The smallest absolute Gasteiger partial charge is 0.336 e. The molecule has 1 unspecified atom stereocenters. The fourth-order valence-corrected chi connectivity index (χ4v) is 4.30. The van der Waals surface area contributed by atoms with Crippen LogP contribution in [0.5, 0.6) is 0 Å². The molecule has 0 bridgehead atoms. The van der Waals surface area contributed by atoms with Crippen LogP contribution in [0.2, 0.25) is 0 Å². The van der Waals surface area contributed by atoms with Gasteiger partial charge < -0.3 is 20.3 Å². The third kappa shape index (κ3) is 5.83. The number of fused-ring (bicyclic) bond motifs is 1. The largest absolute Gasteiger partial charge is 0.478 e. The Morgan fingerprint density at radius 1 is 1.03 bits per heavy atom. The van der Waals surface area contributed by atoms with E-state index in [1.165, 1.54) is 12.1 Å². The van der Waals surface area contributed by atoms with Crippen LogP contribution in [0.3, 0.4) is 0 Å². The Kier molecular flexibility index (Phi) is 7.92. The molecule has 37 heavy (non-hydrogen) atoms. The highest BCUT2D eigenvalue weighted by Crippen LogP contribution is 2.26. The van der Waals surface area contributed by atoms with Crippen molar-refractivity contribution in [3.63, 3.8) is 0 Å². The van der Waals surface area contributed by atoms with E-state index in [1.807, 2.05) is 66.2 Å². The molecule has 0 saturated carbocycles. The van der Waals surface area contributed by atoms with Crippen LogP contribution in [0.25, 0.3) is 22.2 Å². The van der Waals surface area contributed by atoms with E-state index in [0.29, 0.717) is 30.8 Å². The van der Waals surface area contributed by atoms with Crippen molar-refractivity contribution in [3.8, 4) is 11.1 Å². The van der Waals surface area contributed by atoms with Crippen LogP contribution in [0.15, 0.2) is 72.8 Å². The Morgan fingerprint density at radius 3 is 2.46 bits per heavy atom. The van der Waals surface area contributed by atoms with E-state index in [1.54, 1.807) is 6.07 Å².